The van der Waals surface area contributed by atoms with Gasteiger partial charge >= 0.3 is 5.97 Å². The average Bonchev–Trinajstić information content (AvgIpc) is 3.61. The Hall–Kier alpha value is -3.39. The normalized spacial score (nSPS) is 14.5. The number of carboxylic acid groups (broad SMARTS) is 1. The van der Waals surface area contributed by atoms with Crippen LogP contribution in [0.25, 0.3) is 11.4 Å². The molecule has 0 amide bonds. The van der Waals surface area contributed by atoms with E-state index >= 15 is 0 Å². The van der Waals surface area contributed by atoms with Gasteiger partial charge in [-0.3, -0.25) is 0 Å². The van der Waals surface area contributed by atoms with Crippen molar-refractivity contribution in [3.05, 3.63) is 60.0 Å². The Morgan fingerprint density at radius 2 is 1.68 bits per heavy atom. The third-order valence-corrected chi connectivity index (χ3v) is 6.64. The smallest absolute Gasteiger partial charge is 0.333 e. The van der Waals surface area contributed by atoms with Crippen LogP contribution in [0.2, 0.25) is 0 Å². The summed E-state index contributed by atoms with van der Waals surface area (Å²) in [6.07, 6.45) is 7.55. The number of hydrogen-bond donors (Lipinski definition) is 1. The Morgan fingerprint density at radius 1 is 1.03 bits per heavy atom. The first-order valence-electron chi connectivity index (χ1n) is 13.2. The van der Waals surface area contributed by atoms with Gasteiger partial charge in [-0.25, -0.2) is 4.79 Å². The van der Waals surface area contributed by atoms with Crippen molar-refractivity contribution in [2.45, 2.75) is 64.4 Å². The Morgan fingerprint density at radius 3 is 2.30 bits per heavy atom. The van der Waals surface area contributed by atoms with E-state index in [1.165, 1.54) is 25.7 Å². The van der Waals surface area contributed by atoms with E-state index in [9.17, 15) is 9.90 Å². The number of aliphatic carboxylic acids is 1. The van der Waals surface area contributed by atoms with Crippen LogP contribution in [0.15, 0.2) is 53.1 Å². The summed E-state index contributed by atoms with van der Waals surface area (Å²) in [7, 11) is 0. The van der Waals surface area contributed by atoms with Crippen LogP contribution in [0.1, 0.15) is 56.9 Å². The number of ether oxygens (including phenoxy) is 3. The van der Waals surface area contributed by atoms with Crippen LogP contribution in [0, 0.1) is 5.92 Å². The molecular formula is C29H36N2O6. The van der Waals surface area contributed by atoms with E-state index in [0.717, 1.165) is 47.8 Å². The first-order chi connectivity index (χ1) is 18.1. The van der Waals surface area contributed by atoms with Gasteiger partial charge in [0.1, 0.15) is 11.5 Å². The van der Waals surface area contributed by atoms with Crippen LogP contribution in [0.3, 0.4) is 0 Å². The quantitative estimate of drug-likeness (QED) is 0.259. The summed E-state index contributed by atoms with van der Waals surface area (Å²) >= 11 is 0. The number of aryl methyl sites for hydroxylation is 1. The highest BCUT2D eigenvalue weighted by molar-refractivity contribution is 5.72. The average molecular weight is 509 g/mol. The lowest BCUT2D eigenvalue weighted by molar-refractivity contribution is -0.149. The molecule has 8 nitrogen and oxygen atoms in total. The Labute approximate surface area is 217 Å². The number of carbonyl (C=O) groups is 1. The predicted molar refractivity (Wildman–Crippen MR) is 139 cm³/mol. The zero-order chi connectivity index (χ0) is 25.9. The van der Waals surface area contributed by atoms with Gasteiger partial charge in [0.15, 0.2) is 6.10 Å². The number of carboxylic acids is 1. The van der Waals surface area contributed by atoms with Gasteiger partial charge in [0, 0.05) is 31.4 Å². The molecular weight excluding hydrogens is 472 g/mol. The molecule has 1 unspecified atom stereocenters. The maximum Gasteiger partial charge on any atom is 0.333 e. The molecule has 1 aliphatic rings. The fourth-order valence-electron chi connectivity index (χ4n) is 4.59. The van der Waals surface area contributed by atoms with E-state index in [2.05, 4.69) is 10.1 Å². The first kappa shape index (κ1) is 26.7. The molecule has 0 aliphatic heterocycles. The molecule has 1 heterocycles. The second-order valence-corrected chi connectivity index (χ2v) is 9.41. The van der Waals surface area contributed by atoms with Crippen molar-refractivity contribution >= 4 is 5.97 Å². The van der Waals surface area contributed by atoms with Gasteiger partial charge in [0.2, 0.25) is 11.7 Å². The minimum atomic E-state index is -0.953. The highest BCUT2D eigenvalue weighted by atomic mass is 16.5. The number of aromatic nitrogens is 2. The van der Waals surface area contributed by atoms with Crippen molar-refractivity contribution < 1.29 is 28.6 Å². The molecule has 1 aromatic heterocycles. The van der Waals surface area contributed by atoms with Crippen LogP contribution in [-0.2, 0) is 22.4 Å². The monoisotopic (exact) mass is 508 g/mol. The van der Waals surface area contributed by atoms with Crippen LogP contribution in [0.4, 0.5) is 0 Å². The fraction of sp³-hybridized carbons (Fsp3) is 0.483. The molecule has 0 spiro atoms. The molecule has 1 saturated carbocycles. The van der Waals surface area contributed by atoms with Crippen molar-refractivity contribution in [3.8, 4) is 22.9 Å². The molecule has 1 atom stereocenters. The topological polar surface area (TPSA) is 104 Å². The van der Waals surface area contributed by atoms with Gasteiger partial charge in [-0.15, -0.1) is 0 Å². The summed E-state index contributed by atoms with van der Waals surface area (Å²) in [5.41, 5.74) is 1.80. The zero-order valence-electron chi connectivity index (χ0n) is 21.4. The number of benzene rings is 2. The van der Waals surface area contributed by atoms with Crippen molar-refractivity contribution in [3.63, 3.8) is 0 Å². The summed E-state index contributed by atoms with van der Waals surface area (Å²) in [4.78, 5) is 15.8. The maximum atomic E-state index is 11.2. The summed E-state index contributed by atoms with van der Waals surface area (Å²) in [6, 6.07) is 15.1. The van der Waals surface area contributed by atoms with E-state index in [0.29, 0.717) is 38.0 Å². The highest BCUT2D eigenvalue weighted by Gasteiger charge is 2.18. The molecule has 8 heteroatoms. The molecule has 198 valence electrons. The predicted octanol–water partition coefficient (Wildman–Crippen LogP) is 5.74. The molecule has 3 aromatic rings. The SMILES string of the molecule is CCOC(Cc1ccc(OCCCOc2ccc(-c3noc(CCC4CCCC4)n3)cc2)cc1)C(=O)O. The molecule has 1 aliphatic carbocycles. The van der Waals surface area contributed by atoms with Crippen LogP contribution >= 0.6 is 0 Å². The number of nitrogens with zero attached hydrogens (tertiary/aromatic N) is 2. The third kappa shape index (κ3) is 8.32. The highest BCUT2D eigenvalue weighted by Crippen LogP contribution is 2.29. The summed E-state index contributed by atoms with van der Waals surface area (Å²) in [5, 5.41) is 13.4. The van der Waals surface area contributed by atoms with E-state index in [1.807, 2.05) is 48.5 Å². The van der Waals surface area contributed by atoms with Crippen molar-refractivity contribution in [1.82, 2.24) is 10.1 Å². The third-order valence-electron chi connectivity index (χ3n) is 6.64. The maximum absolute atomic E-state index is 11.2. The Kier molecular flexibility index (Phi) is 9.94. The van der Waals surface area contributed by atoms with Crippen LogP contribution in [-0.4, -0.2) is 47.1 Å². The molecule has 2 aromatic carbocycles. The van der Waals surface area contributed by atoms with E-state index in [4.69, 9.17) is 18.7 Å². The molecule has 0 saturated heterocycles. The lowest BCUT2D eigenvalue weighted by atomic mass is 10.0. The molecule has 0 radical (unpaired) electrons. The molecule has 4 rings (SSSR count). The Bertz CT molecular complexity index is 1090. The first-order valence-corrected chi connectivity index (χ1v) is 13.2. The lowest BCUT2D eigenvalue weighted by Crippen LogP contribution is -2.26. The largest absolute Gasteiger partial charge is 0.493 e. The number of rotatable bonds is 15. The summed E-state index contributed by atoms with van der Waals surface area (Å²) in [6.45, 7) is 3.19. The van der Waals surface area contributed by atoms with E-state index in [-0.39, 0.29) is 0 Å². The number of hydrogen-bond acceptors (Lipinski definition) is 7. The Balaban J connectivity index is 1.14. The molecule has 1 N–H and O–H groups in total. The van der Waals surface area contributed by atoms with Gasteiger partial charge in [0.25, 0.3) is 0 Å². The second-order valence-electron chi connectivity index (χ2n) is 9.41. The molecule has 0 bridgehead atoms. The molecule has 1 fully saturated rings. The summed E-state index contributed by atoms with van der Waals surface area (Å²) in [5.74, 6) is 2.70. The van der Waals surface area contributed by atoms with Crippen molar-refractivity contribution in [2.75, 3.05) is 19.8 Å². The van der Waals surface area contributed by atoms with E-state index < -0.39 is 12.1 Å². The van der Waals surface area contributed by atoms with Crippen molar-refractivity contribution in [2.24, 2.45) is 5.92 Å². The minimum Gasteiger partial charge on any atom is -0.493 e. The zero-order valence-corrected chi connectivity index (χ0v) is 21.4. The minimum absolute atomic E-state index is 0.324. The second kappa shape index (κ2) is 13.8. The van der Waals surface area contributed by atoms with Gasteiger partial charge in [0.05, 0.1) is 13.2 Å². The molecule has 37 heavy (non-hydrogen) atoms. The lowest BCUT2D eigenvalue weighted by Gasteiger charge is -2.13. The van der Waals surface area contributed by atoms with Crippen LogP contribution in [0.5, 0.6) is 11.5 Å². The van der Waals surface area contributed by atoms with E-state index in [1.54, 1.807) is 6.92 Å². The van der Waals surface area contributed by atoms with Gasteiger partial charge in [-0.1, -0.05) is 43.0 Å². The fourth-order valence-corrected chi connectivity index (χ4v) is 4.59. The van der Waals surface area contributed by atoms with Gasteiger partial charge < -0.3 is 23.8 Å². The van der Waals surface area contributed by atoms with Crippen molar-refractivity contribution in [1.29, 1.82) is 0 Å². The van der Waals surface area contributed by atoms with Gasteiger partial charge in [-0.05, 0) is 61.2 Å². The van der Waals surface area contributed by atoms with Crippen LogP contribution < -0.4 is 9.47 Å². The summed E-state index contributed by atoms with van der Waals surface area (Å²) < 4.78 is 22.3. The van der Waals surface area contributed by atoms with Gasteiger partial charge in [-0.2, -0.15) is 4.98 Å². The standard InChI is InChI=1S/C29H36N2O6/c1-2-34-26(29(32)33)20-22-8-13-24(14-9-22)35-18-5-19-36-25-15-11-23(12-16-25)28-30-27(37-31-28)17-10-21-6-3-4-7-21/h8-9,11-16,21,26H,2-7,10,17-20H2,1H3,(H,32,33).